The fourth-order valence-corrected chi connectivity index (χ4v) is 5.97. The normalized spacial score (nSPS) is 12.6. The van der Waals surface area contributed by atoms with Crippen LogP contribution in [0.4, 0.5) is 0 Å². The monoisotopic (exact) mass is 729 g/mol. The molecule has 5 nitrogen and oxygen atoms in total. The minimum Gasteiger partial charge on any atom is -0.462 e. The van der Waals surface area contributed by atoms with Crippen LogP contribution < -0.4 is 0 Å². The Morgan fingerprint density at radius 2 is 0.827 bits per heavy atom. The van der Waals surface area contributed by atoms with Crippen molar-refractivity contribution in [3.05, 3.63) is 48.6 Å². The van der Waals surface area contributed by atoms with Crippen molar-refractivity contribution in [1.29, 1.82) is 0 Å². The first kappa shape index (κ1) is 49.9. The average molecular weight is 729 g/mol. The van der Waals surface area contributed by atoms with Crippen molar-refractivity contribution < 1.29 is 23.8 Å². The van der Waals surface area contributed by atoms with Crippen LogP contribution in [0.3, 0.4) is 0 Å². The van der Waals surface area contributed by atoms with Crippen molar-refractivity contribution in [1.82, 2.24) is 0 Å². The lowest BCUT2D eigenvalue weighted by atomic mass is 10.1. The number of hydrogen-bond donors (Lipinski definition) is 0. The maximum atomic E-state index is 12.6. The first-order valence-corrected chi connectivity index (χ1v) is 22.2. The molecule has 0 fully saturated rings. The predicted molar refractivity (Wildman–Crippen MR) is 224 cm³/mol. The first-order valence-electron chi connectivity index (χ1n) is 22.2. The molecule has 5 heteroatoms. The summed E-state index contributed by atoms with van der Waals surface area (Å²) in [6, 6.07) is 0. The third-order valence-corrected chi connectivity index (χ3v) is 9.34. The highest BCUT2D eigenvalue weighted by atomic mass is 16.6. The number of rotatable bonds is 40. The zero-order valence-electron chi connectivity index (χ0n) is 34.6. The third-order valence-electron chi connectivity index (χ3n) is 9.34. The Labute approximate surface area is 322 Å². The largest absolute Gasteiger partial charge is 0.462 e. The zero-order chi connectivity index (χ0) is 37.8. The summed E-state index contributed by atoms with van der Waals surface area (Å²) >= 11 is 0. The second kappa shape index (κ2) is 43.3. The van der Waals surface area contributed by atoms with Gasteiger partial charge in [-0.05, 0) is 77.0 Å². The number of ether oxygens (including phenoxy) is 3. The standard InChI is InChI=1S/C47H84O5/c1-4-7-10-13-16-18-20-21-22-23-24-25-26-27-29-30-32-34-37-40-46(48)51-44-45(43-50-42-39-36-15-12-9-6-3)52-47(49)41-38-35-33-31-28-19-17-14-11-8-5-2/h14,16-18,21-22,24-25,45H,4-13,15,19-20,23,26-44H2,1-3H3/b17-14-,18-16-,22-21-,25-24-. The van der Waals surface area contributed by atoms with E-state index in [1.54, 1.807) is 0 Å². The van der Waals surface area contributed by atoms with Gasteiger partial charge in [0.1, 0.15) is 6.61 Å². The number of carbonyl (C=O) groups is 2. The van der Waals surface area contributed by atoms with E-state index in [1.807, 2.05) is 0 Å². The molecule has 0 radical (unpaired) electrons. The van der Waals surface area contributed by atoms with Crippen molar-refractivity contribution in [3.63, 3.8) is 0 Å². The van der Waals surface area contributed by atoms with Gasteiger partial charge in [-0.3, -0.25) is 9.59 Å². The van der Waals surface area contributed by atoms with Gasteiger partial charge in [0.2, 0.25) is 0 Å². The third kappa shape index (κ3) is 40.6. The Balaban J connectivity index is 4.12. The molecular formula is C47H84O5. The lowest BCUT2D eigenvalue weighted by Gasteiger charge is -2.18. The summed E-state index contributed by atoms with van der Waals surface area (Å²) in [5.41, 5.74) is 0. The fourth-order valence-electron chi connectivity index (χ4n) is 5.97. The number of carbonyl (C=O) groups excluding carboxylic acids is 2. The van der Waals surface area contributed by atoms with Crippen LogP contribution in [0.5, 0.6) is 0 Å². The lowest BCUT2D eigenvalue weighted by Crippen LogP contribution is -2.30. The van der Waals surface area contributed by atoms with Crippen LogP contribution in [0.25, 0.3) is 0 Å². The van der Waals surface area contributed by atoms with Crippen molar-refractivity contribution >= 4 is 11.9 Å². The smallest absolute Gasteiger partial charge is 0.306 e. The number of unbranched alkanes of at least 4 members (excludes halogenated alkanes) is 21. The van der Waals surface area contributed by atoms with Crippen molar-refractivity contribution in [3.8, 4) is 0 Å². The van der Waals surface area contributed by atoms with E-state index in [1.165, 1.54) is 103 Å². The van der Waals surface area contributed by atoms with Crippen molar-refractivity contribution in [2.45, 2.75) is 219 Å². The van der Waals surface area contributed by atoms with Crippen LogP contribution in [-0.4, -0.2) is 37.9 Å². The van der Waals surface area contributed by atoms with Gasteiger partial charge >= 0.3 is 11.9 Å². The SMILES string of the molecule is CCCC/C=C\CCCCCCCC(=O)OC(COCCCCCCCC)COC(=O)CCCCCCCC/C=C\C/C=C\C/C=C\CCCCC. The Kier molecular flexibility index (Phi) is 41.5. The molecule has 0 rings (SSSR count). The van der Waals surface area contributed by atoms with Crippen LogP contribution in [0, 0.1) is 0 Å². The highest BCUT2D eigenvalue weighted by Gasteiger charge is 2.17. The summed E-state index contributed by atoms with van der Waals surface area (Å²) in [6.45, 7) is 7.70. The lowest BCUT2D eigenvalue weighted by molar-refractivity contribution is -0.163. The first-order chi connectivity index (χ1) is 25.6. The van der Waals surface area contributed by atoms with E-state index in [4.69, 9.17) is 14.2 Å². The van der Waals surface area contributed by atoms with Gasteiger partial charge < -0.3 is 14.2 Å². The molecule has 0 aromatic heterocycles. The van der Waals surface area contributed by atoms with Gasteiger partial charge in [-0.25, -0.2) is 0 Å². The van der Waals surface area contributed by atoms with Crippen LogP contribution in [0.2, 0.25) is 0 Å². The van der Waals surface area contributed by atoms with E-state index in [9.17, 15) is 9.59 Å². The van der Waals surface area contributed by atoms with E-state index in [2.05, 4.69) is 69.4 Å². The summed E-state index contributed by atoms with van der Waals surface area (Å²) in [5.74, 6) is -0.425. The predicted octanol–water partition coefficient (Wildman–Crippen LogP) is 14.4. The quantitative estimate of drug-likeness (QED) is 0.0357. The molecule has 1 unspecified atom stereocenters. The minimum atomic E-state index is -0.539. The summed E-state index contributed by atoms with van der Waals surface area (Å²) in [6.07, 6.45) is 51.1. The molecule has 0 heterocycles. The summed E-state index contributed by atoms with van der Waals surface area (Å²) in [5, 5.41) is 0. The molecule has 0 saturated heterocycles. The van der Waals surface area contributed by atoms with Crippen molar-refractivity contribution in [2.75, 3.05) is 19.8 Å². The van der Waals surface area contributed by atoms with Gasteiger partial charge in [-0.2, -0.15) is 0 Å². The highest BCUT2D eigenvalue weighted by molar-refractivity contribution is 5.70. The van der Waals surface area contributed by atoms with Gasteiger partial charge in [0.25, 0.3) is 0 Å². The topological polar surface area (TPSA) is 61.8 Å². The number of allylic oxidation sites excluding steroid dienone is 8. The Bertz CT molecular complexity index is 873. The van der Waals surface area contributed by atoms with Crippen LogP contribution in [0.1, 0.15) is 213 Å². The van der Waals surface area contributed by atoms with Gasteiger partial charge in [-0.1, -0.05) is 172 Å². The molecule has 0 aliphatic rings. The molecule has 302 valence electrons. The molecule has 0 aliphatic heterocycles. The summed E-state index contributed by atoms with van der Waals surface area (Å²) in [7, 11) is 0. The van der Waals surface area contributed by atoms with Gasteiger partial charge in [0.15, 0.2) is 6.10 Å². The second-order valence-electron chi connectivity index (χ2n) is 14.6. The maximum absolute atomic E-state index is 12.6. The number of esters is 2. The van der Waals surface area contributed by atoms with Crippen molar-refractivity contribution in [2.24, 2.45) is 0 Å². The molecule has 0 spiro atoms. The highest BCUT2D eigenvalue weighted by Crippen LogP contribution is 2.12. The van der Waals surface area contributed by atoms with E-state index in [0.29, 0.717) is 19.4 Å². The molecule has 0 saturated carbocycles. The molecule has 0 N–H and O–H groups in total. The molecular weight excluding hydrogens is 645 g/mol. The summed E-state index contributed by atoms with van der Waals surface area (Å²) < 4.78 is 17.2. The minimum absolute atomic E-state index is 0.0757. The Morgan fingerprint density at radius 1 is 0.423 bits per heavy atom. The molecule has 0 aliphatic carbocycles. The van der Waals surface area contributed by atoms with Crippen LogP contribution in [0.15, 0.2) is 48.6 Å². The average Bonchev–Trinajstić information content (AvgIpc) is 3.14. The Hall–Kier alpha value is -2.14. The fraction of sp³-hybridized carbons (Fsp3) is 0.787. The zero-order valence-corrected chi connectivity index (χ0v) is 34.6. The Morgan fingerprint density at radius 3 is 1.40 bits per heavy atom. The van der Waals surface area contributed by atoms with E-state index in [0.717, 1.165) is 77.0 Å². The molecule has 1 atom stereocenters. The van der Waals surface area contributed by atoms with E-state index in [-0.39, 0.29) is 25.2 Å². The van der Waals surface area contributed by atoms with E-state index < -0.39 is 6.10 Å². The number of hydrogen-bond acceptors (Lipinski definition) is 5. The molecule has 52 heavy (non-hydrogen) atoms. The van der Waals surface area contributed by atoms with Crippen LogP contribution >= 0.6 is 0 Å². The van der Waals surface area contributed by atoms with Gasteiger partial charge in [0.05, 0.1) is 6.61 Å². The summed E-state index contributed by atoms with van der Waals surface area (Å²) in [4.78, 5) is 25.1. The van der Waals surface area contributed by atoms with E-state index >= 15 is 0 Å². The maximum Gasteiger partial charge on any atom is 0.306 e. The van der Waals surface area contributed by atoms with Gasteiger partial charge in [0, 0.05) is 19.4 Å². The second-order valence-corrected chi connectivity index (χ2v) is 14.6. The van der Waals surface area contributed by atoms with Gasteiger partial charge in [-0.15, -0.1) is 0 Å². The van der Waals surface area contributed by atoms with Crippen LogP contribution in [-0.2, 0) is 23.8 Å². The molecule has 0 aromatic rings. The molecule has 0 aromatic carbocycles. The molecule has 0 bridgehead atoms. The molecule has 0 amide bonds.